The Morgan fingerprint density at radius 1 is 0.471 bits per heavy atom. The Kier molecular flexibility index (Phi) is 27.2. The lowest BCUT2D eigenvalue weighted by molar-refractivity contribution is 0.105. The normalized spacial score (nSPS) is 16.4. The van der Waals surface area contributed by atoms with Gasteiger partial charge in [0.15, 0.2) is 22.9 Å². The maximum atomic E-state index is 14.5. The fourth-order valence-electron chi connectivity index (χ4n) is 14.2. The molecule has 0 radical (unpaired) electrons. The first-order valence-electron chi connectivity index (χ1n) is 35.7. The number of allylic oxidation sites excluding steroid dienone is 6. The molecule has 0 spiro atoms. The second kappa shape index (κ2) is 36.5. The Morgan fingerprint density at radius 2 is 0.814 bits per heavy atom. The molecule has 4 heterocycles. The SMILES string of the molecule is [C-]#[N+]/C(C#N)=C1\C(=c2\cc/c(=C\c3sc(C4=C(N)C(N)=C(c5cc(CC(CCCCCC)CCCCCCCC)c(/C=c6\cc/c(=C7\C(=O)c8cc([N+]#[C-])c([N+]#[C-])cc8\C7=C(\C#N)[N+]#[C-])s6)s5)C(=N)C4=N)cc3CC(CCCCCC)CCCCCCCC)s2)C(=O)c2cc(C#N)c(C#N)cc21. The molecule has 4 aromatic heterocycles. The number of nitrogens with zero attached hydrogens (tertiary/aromatic N) is 8. The van der Waals surface area contributed by atoms with Crippen molar-refractivity contribution in [3.05, 3.63) is 211 Å². The number of carbonyl (C=O) groups is 2. The Hall–Kier alpha value is -10.1. The van der Waals surface area contributed by atoms with Crippen molar-refractivity contribution < 1.29 is 9.59 Å². The van der Waals surface area contributed by atoms with E-state index in [9.17, 15) is 41.5 Å². The van der Waals surface area contributed by atoms with Crippen LogP contribution in [0.25, 0.3) is 65.0 Å². The van der Waals surface area contributed by atoms with Crippen LogP contribution in [0.5, 0.6) is 0 Å². The molecule has 0 bridgehead atoms. The van der Waals surface area contributed by atoms with Crippen LogP contribution in [-0.2, 0) is 12.8 Å². The number of nitrogens with one attached hydrogen (secondary N) is 2. The summed E-state index contributed by atoms with van der Waals surface area (Å²) in [6.45, 7) is 40.4. The third-order valence-electron chi connectivity index (χ3n) is 19.6. The maximum Gasteiger partial charge on any atom is 0.270 e. The zero-order chi connectivity index (χ0) is 73.0. The number of fused-ring (bicyclic) bond motifs is 2. The van der Waals surface area contributed by atoms with E-state index in [2.05, 4.69) is 71.4 Å². The molecule has 9 rings (SSSR count). The molecule has 0 saturated carbocycles. The molecule has 0 fully saturated rings. The van der Waals surface area contributed by atoms with Gasteiger partial charge in [-0.05, 0) is 108 Å². The lowest BCUT2D eigenvalue weighted by Crippen LogP contribution is -2.29. The average Bonchev–Trinajstić information content (AvgIpc) is 1.57. The van der Waals surface area contributed by atoms with Crippen molar-refractivity contribution in [2.75, 3.05) is 0 Å². The van der Waals surface area contributed by atoms with Crippen LogP contribution in [0.3, 0.4) is 0 Å². The van der Waals surface area contributed by atoms with Gasteiger partial charge in [-0.15, -0.1) is 45.3 Å². The van der Waals surface area contributed by atoms with Crippen molar-refractivity contribution in [3.8, 4) is 24.3 Å². The van der Waals surface area contributed by atoms with Crippen molar-refractivity contribution in [1.29, 1.82) is 31.9 Å². The number of ketones is 2. The molecular weight excluding hydrogens is 1340 g/mol. The van der Waals surface area contributed by atoms with Crippen LogP contribution in [0.1, 0.15) is 255 Å². The predicted octanol–water partition coefficient (Wildman–Crippen LogP) is 19.7. The van der Waals surface area contributed by atoms with Crippen LogP contribution in [0.2, 0.25) is 0 Å². The fraction of sp³-hybridized carbons (Fsp3) is 0.381. The topological polar surface area (TPSA) is 246 Å². The van der Waals surface area contributed by atoms with Gasteiger partial charge in [-0.2, -0.15) is 10.5 Å². The van der Waals surface area contributed by atoms with Gasteiger partial charge < -0.3 is 11.5 Å². The molecule has 18 heteroatoms. The minimum atomic E-state index is -0.449. The summed E-state index contributed by atoms with van der Waals surface area (Å²) in [6.07, 6.45) is 33.2. The number of hydrogen-bond donors (Lipinski definition) is 4. The lowest BCUT2D eigenvalue weighted by atomic mass is 9.86. The van der Waals surface area contributed by atoms with Gasteiger partial charge in [0.1, 0.15) is 12.1 Å². The number of nitriles is 4. The molecule has 14 nitrogen and oxygen atoms in total. The van der Waals surface area contributed by atoms with Gasteiger partial charge in [0.2, 0.25) is 0 Å². The van der Waals surface area contributed by atoms with Gasteiger partial charge in [-0.3, -0.25) is 30.1 Å². The molecular formula is C84H84N12O2S4. The van der Waals surface area contributed by atoms with Gasteiger partial charge in [0.25, 0.3) is 11.4 Å². The molecule has 0 saturated heterocycles. The Balaban J connectivity index is 1.19. The number of thiophene rings is 4. The number of carbonyl (C=O) groups excluding carboxylic acids is 2. The second-order valence-corrected chi connectivity index (χ2v) is 31.0. The summed E-state index contributed by atoms with van der Waals surface area (Å²) in [4.78, 5) is 46.3. The van der Waals surface area contributed by atoms with Crippen molar-refractivity contribution in [2.24, 2.45) is 23.3 Å². The number of nitrogens with two attached hydrogens (primary N) is 2. The van der Waals surface area contributed by atoms with Gasteiger partial charge in [0, 0.05) is 82.2 Å². The summed E-state index contributed by atoms with van der Waals surface area (Å²) in [7, 11) is 0. The summed E-state index contributed by atoms with van der Waals surface area (Å²) in [5, 5.41) is 60.5. The van der Waals surface area contributed by atoms with E-state index in [1.54, 1.807) is 6.07 Å². The summed E-state index contributed by atoms with van der Waals surface area (Å²) in [5.74, 6) is -0.165. The van der Waals surface area contributed by atoms with E-state index in [0.29, 0.717) is 41.8 Å². The van der Waals surface area contributed by atoms with E-state index in [4.69, 9.17) is 37.8 Å². The van der Waals surface area contributed by atoms with Crippen molar-refractivity contribution in [1.82, 2.24) is 0 Å². The van der Waals surface area contributed by atoms with Gasteiger partial charge >= 0.3 is 0 Å². The molecule has 102 heavy (non-hydrogen) atoms. The Morgan fingerprint density at radius 3 is 1.18 bits per heavy atom. The number of rotatable bonds is 32. The zero-order valence-electron chi connectivity index (χ0n) is 58.6. The highest BCUT2D eigenvalue weighted by Gasteiger charge is 2.37. The van der Waals surface area contributed by atoms with Crippen LogP contribution in [-0.4, -0.2) is 23.0 Å². The summed E-state index contributed by atoms with van der Waals surface area (Å²) < 4.78 is 2.61. The van der Waals surface area contributed by atoms with Crippen molar-refractivity contribution in [3.63, 3.8) is 0 Å². The summed E-state index contributed by atoms with van der Waals surface area (Å²) >= 11 is 5.61. The zero-order valence-corrected chi connectivity index (χ0v) is 61.9. The lowest BCUT2D eigenvalue weighted by Gasteiger charge is -2.22. The smallest absolute Gasteiger partial charge is 0.270 e. The number of benzene rings is 2. The third-order valence-corrected chi connectivity index (χ3v) is 24.0. The van der Waals surface area contributed by atoms with E-state index in [1.807, 2.05) is 42.5 Å². The first-order chi connectivity index (χ1) is 49.6. The summed E-state index contributed by atoms with van der Waals surface area (Å²) in [6, 6.07) is 25.3. The quantitative estimate of drug-likeness (QED) is 0.0137. The van der Waals surface area contributed by atoms with Crippen LogP contribution in [0.4, 0.5) is 11.4 Å². The molecule has 2 aromatic carbocycles. The Labute approximate surface area is 616 Å². The summed E-state index contributed by atoms with van der Waals surface area (Å²) in [5.41, 5.74) is 18.7. The van der Waals surface area contributed by atoms with Crippen LogP contribution >= 0.6 is 45.3 Å². The van der Waals surface area contributed by atoms with E-state index in [1.165, 1.54) is 121 Å². The number of unbranched alkanes of at least 4 members (excludes halogenated alkanes) is 16. The van der Waals surface area contributed by atoms with Gasteiger partial charge in [-0.1, -0.05) is 194 Å². The van der Waals surface area contributed by atoms with E-state index in [0.717, 1.165) is 146 Å². The minimum absolute atomic E-state index is 0.0137. The molecule has 3 aliphatic carbocycles. The predicted molar refractivity (Wildman–Crippen MR) is 417 cm³/mol. The van der Waals surface area contributed by atoms with E-state index in [-0.39, 0.29) is 101 Å². The maximum absolute atomic E-state index is 14.5. The molecule has 0 amide bonds. The monoisotopic (exact) mass is 1420 g/mol. The average molecular weight is 1420 g/mol. The number of hydrogen-bond acceptors (Lipinski definition) is 14. The van der Waals surface area contributed by atoms with Gasteiger partial charge in [-0.25, -0.2) is 20.2 Å². The first-order valence-corrected chi connectivity index (χ1v) is 39.0. The molecule has 516 valence electrons. The van der Waals surface area contributed by atoms with E-state index < -0.39 is 11.6 Å². The second-order valence-electron chi connectivity index (χ2n) is 26.6. The van der Waals surface area contributed by atoms with Crippen LogP contribution < -0.4 is 29.6 Å². The van der Waals surface area contributed by atoms with Crippen LogP contribution in [0.15, 0.2) is 83.5 Å². The highest BCUT2D eigenvalue weighted by atomic mass is 32.1. The van der Waals surface area contributed by atoms with E-state index >= 15 is 0 Å². The highest BCUT2D eigenvalue weighted by Crippen LogP contribution is 2.47. The van der Waals surface area contributed by atoms with Crippen molar-refractivity contribution in [2.45, 2.75) is 195 Å². The highest BCUT2D eigenvalue weighted by molar-refractivity contribution is 7.16. The largest absolute Gasteiger partial charge is 0.396 e. The minimum Gasteiger partial charge on any atom is -0.396 e. The third kappa shape index (κ3) is 17.1. The fourth-order valence-corrected chi connectivity index (χ4v) is 18.8. The standard InChI is InChI=1S/C84H84N12O2S4/c1-9-13-17-21-23-27-31-51(29-25-19-15-11-3)37-53-41-71(101-69(53)43-57-33-35-67(99-57)75-73(65(49-87)95-7)59-39-55(47-85)56(48-86)40-61(59)83(75)97)77-79(89)81(91)78(82(92)80(77)90)72-42-54(38-52(30-26-20-16-12-4)32-28-24-22-18-14-10-2)70(102-72)44-58-34-36-68(100-58)76-74(66(50-88)96-8)60-45-63(93-5)64(94-6)46-62(60)84(76)98/h33-36,39-46,51-52,89,91H,9-32,37-38,90,92H2,1-4H3/b57-43+,58-44+,73-65-,74-66+,75-67+,76-68+,89-79?,91-81?. The molecule has 0 aliphatic heterocycles. The molecule has 2 atom stereocenters. The first kappa shape index (κ1) is 76.1. The van der Waals surface area contributed by atoms with Gasteiger partial charge in [0.05, 0.1) is 72.4 Å². The molecule has 2 unspecified atom stereocenters. The Bertz CT molecular complexity index is 4720. The molecule has 6 aromatic rings. The van der Waals surface area contributed by atoms with Crippen molar-refractivity contribution >= 4 is 125 Å². The van der Waals surface area contributed by atoms with Crippen LogP contribution in [0, 0.1) is 94.3 Å². The number of Topliss-reactive ketones (excluding diaryl/α,β-unsaturated/α-hetero) is 2. The molecule has 6 N–H and O–H groups in total. The molecule has 3 aliphatic rings.